The highest BCUT2D eigenvalue weighted by atomic mass is 16.2. The van der Waals surface area contributed by atoms with Crippen molar-refractivity contribution in [3.8, 4) is 0 Å². The third-order valence-electron chi connectivity index (χ3n) is 4.26. The number of nitrogens with zero attached hydrogens (tertiary/aromatic N) is 4. The number of aromatic nitrogens is 4. The minimum Gasteiger partial charge on any atom is -0.323 e. The number of amides is 2. The molecule has 0 saturated heterocycles. The topological polar surface area (TPSA) is 101 Å². The van der Waals surface area contributed by atoms with Gasteiger partial charge in [-0.3, -0.25) is 9.59 Å². The van der Waals surface area contributed by atoms with Crippen molar-refractivity contribution in [1.82, 2.24) is 19.6 Å². The Balaban J connectivity index is 1.73. The van der Waals surface area contributed by atoms with Crippen LogP contribution < -0.4 is 10.6 Å². The van der Waals surface area contributed by atoms with E-state index in [-0.39, 0.29) is 18.2 Å². The number of carbonyl (C=O) groups excluding carboxylic acids is 2. The summed E-state index contributed by atoms with van der Waals surface area (Å²) in [6.07, 6.45) is 2.37. The van der Waals surface area contributed by atoms with Crippen LogP contribution in [0.5, 0.6) is 0 Å². The first-order chi connectivity index (χ1) is 12.8. The SMILES string of the molecule is CC(=O)Nc1cccnc1NC(=O)CCc1c(C)nc2cc(C)nn2c1C. The Kier molecular flexibility index (Phi) is 5.16. The molecule has 0 unspecified atom stereocenters. The lowest BCUT2D eigenvalue weighted by Crippen LogP contribution is -2.17. The number of anilines is 2. The molecule has 140 valence electrons. The molecule has 0 fully saturated rings. The predicted octanol–water partition coefficient (Wildman–Crippen LogP) is 2.58. The van der Waals surface area contributed by atoms with Crippen LogP contribution in [0.25, 0.3) is 5.65 Å². The maximum Gasteiger partial charge on any atom is 0.225 e. The van der Waals surface area contributed by atoms with Crippen LogP contribution in [0.4, 0.5) is 11.5 Å². The minimum atomic E-state index is -0.223. The average Bonchev–Trinajstić information content (AvgIpc) is 2.96. The van der Waals surface area contributed by atoms with Crippen molar-refractivity contribution in [2.24, 2.45) is 0 Å². The van der Waals surface area contributed by atoms with Gasteiger partial charge in [-0.05, 0) is 44.9 Å². The summed E-state index contributed by atoms with van der Waals surface area (Å²) in [5.41, 5.74) is 5.06. The molecule has 8 heteroatoms. The van der Waals surface area contributed by atoms with Crippen LogP contribution in [0.2, 0.25) is 0 Å². The van der Waals surface area contributed by atoms with Gasteiger partial charge in [0.25, 0.3) is 0 Å². The second-order valence-electron chi connectivity index (χ2n) is 6.45. The summed E-state index contributed by atoms with van der Waals surface area (Å²) in [6, 6.07) is 5.32. The quantitative estimate of drug-likeness (QED) is 0.723. The van der Waals surface area contributed by atoms with E-state index in [9.17, 15) is 9.59 Å². The van der Waals surface area contributed by atoms with Gasteiger partial charge in [0.1, 0.15) is 0 Å². The van der Waals surface area contributed by atoms with Gasteiger partial charge >= 0.3 is 0 Å². The van der Waals surface area contributed by atoms with Gasteiger partial charge in [-0.25, -0.2) is 14.5 Å². The van der Waals surface area contributed by atoms with E-state index < -0.39 is 0 Å². The lowest BCUT2D eigenvalue weighted by molar-refractivity contribution is -0.116. The molecular weight excluding hydrogens is 344 g/mol. The molecule has 2 amide bonds. The molecule has 0 spiro atoms. The first kappa shape index (κ1) is 18.5. The Morgan fingerprint density at radius 2 is 1.96 bits per heavy atom. The molecule has 0 atom stereocenters. The Morgan fingerprint density at radius 3 is 2.70 bits per heavy atom. The second kappa shape index (κ2) is 7.53. The number of rotatable bonds is 5. The summed E-state index contributed by atoms with van der Waals surface area (Å²) in [4.78, 5) is 32.4. The van der Waals surface area contributed by atoms with E-state index in [1.165, 1.54) is 6.92 Å². The third-order valence-corrected chi connectivity index (χ3v) is 4.26. The van der Waals surface area contributed by atoms with Crippen molar-refractivity contribution in [1.29, 1.82) is 0 Å². The van der Waals surface area contributed by atoms with Gasteiger partial charge in [0, 0.05) is 37.0 Å². The Morgan fingerprint density at radius 1 is 1.19 bits per heavy atom. The molecule has 0 aliphatic rings. The molecule has 0 radical (unpaired) electrons. The molecule has 8 nitrogen and oxygen atoms in total. The molecule has 3 aromatic heterocycles. The first-order valence-corrected chi connectivity index (χ1v) is 8.70. The highest BCUT2D eigenvalue weighted by Gasteiger charge is 2.14. The number of aryl methyl sites for hydroxylation is 3. The molecule has 3 rings (SSSR count). The number of carbonyl (C=O) groups is 2. The van der Waals surface area contributed by atoms with Crippen molar-refractivity contribution in [3.05, 3.63) is 47.0 Å². The monoisotopic (exact) mass is 366 g/mol. The summed E-state index contributed by atoms with van der Waals surface area (Å²) in [6.45, 7) is 7.26. The van der Waals surface area contributed by atoms with Crippen LogP contribution >= 0.6 is 0 Å². The fraction of sp³-hybridized carbons (Fsp3) is 0.316. The molecular formula is C19H22N6O2. The van der Waals surface area contributed by atoms with Gasteiger partial charge < -0.3 is 10.6 Å². The van der Waals surface area contributed by atoms with Crippen molar-refractivity contribution in [3.63, 3.8) is 0 Å². The molecule has 0 aromatic carbocycles. The van der Waals surface area contributed by atoms with Crippen molar-refractivity contribution >= 4 is 29.0 Å². The van der Waals surface area contributed by atoms with Crippen molar-refractivity contribution in [2.45, 2.75) is 40.5 Å². The minimum absolute atomic E-state index is 0.184. The standard InChI is InChI=1S/C19H22N6O2/c1-11-10-17-21-12(2)15(13(3)25(17)24-11)7-8-18(27)23-19-16(22-14(4)26)6-5-9-20-19/h5-6,9-10H,7-8H2,1-4H3,(H,22,26)(H,20,23,27). The number of hydrogen-bond acceptors (Lipinski definition) is 5. The van der Waals surface area contributed by atoms with E-state index in [1.54, 1.807) is 18.3 Å². The van der Waals surface area contributed by atoms with E-state index in [0.29, 0.717) is 17.9 Å². The van der Waals surface area contributed by atoms with E-state index in [0.717, 1.165) is 28.3 Å². The average molecular weight is 366 g/mol. The summed E-state index contributed by atoms with van der Waals surface area (Å²) in [5, 5.41) is 9.87. The van der Waals surface area contributed by atoms with Crippen LogP contribution in [0.3, 0.4) is 0 Å². The summed E-state index contributed by atoms with van der Waals surface area (Å²) < 4.78 is 1.81. The fourth-order valence-corrected chi connectivity index (χ4v) is 3.03. The van der Waals surface area contributed by atoms with Crippen LogP contribution in [0.15, 0.2) is 24.4 Å². The maximum absolute atomic E-state index is 12.4. The van der Waals surface area contributed by atoms with Gasteiger partial charge in [-0.1, -0.05) is 0 Å². The van der Waals surface area contributed by atoms with Crippen LogP contribution in [0, 0.1) is 20.8 Å². The zero-order chi connectivity index (χ0) is 19.6. The third kappa shape index (κ3) is 4.11. The van der Waals surface area contributed by atoms with Crippen LogP contribution in [0.1, 0.15) is 36.0 Å². The molecule has 0 saturated carbocycles. The lowest BCUT2D eigenvalue weighted by atomic mass is 10.1. The number of hydrogen-bond donors (Lipinski definition) is 2. The Hall–Kier alpha value is -3.29. The van der Waals surface area contributed by atoms with Gasteiger partial charge in [0.05, 0.1) is 11.4 Å². The molecule has 3 heterocycles. The van der Waals surface area contributed by atoms with Crippen molar-refractivity contribution < 1.29 is 9.59 Å². The van der Waals surface area contributed by atoms with Crippen LogP contribution in [-0.4, -0.2) is 31.4 Å². The Labute approximate surface area is 157 Å². The van der Waals surface area contributed by atoms with E-state index >= 15 is 0 Å². The predicted molar refractivity (Wildman–Crippen MR) is 103 cm³/mol. The largest absolute Gasteiger partial charge is 0.323 e. The van der Waals surface area contributed by atoms with Gasteiger partial charge in [0.15, 0.2) is 11.5 Å². The molecule has 27 heavy (non-hydrogen) atoms. The summed E-state index contributed by atoms with van der Waals surface area (Å²) in [7, 11) is 0. The van der Waals surface area contributed by atoms with Gasteiger partial charge in [-0.2, -0.15) is 5.10 Å². The summed E-state index contributed by atoms with van der Waals surface area (Å²) in [5.74, 6) is -0.0723. The van der Waals surface area contributed by atoms with E-state index in [4.69, 9.17) is 0 Å². The number of fused-ring (bicyclic) bond motifs is 1. The fourth-order valence-electron chi connectivity index (χ4n) is 3.03. The molecule has 0 bridgehead atoms. The summed E-state index contributed by atoms with van der Waals surface area (Å²) >= 11 is 0. The van der Waals surface area contributed by atoms with Crippen LogP contribution in [-0.2, 0) is 16.0 Å². The molecule has 3 aromatic rings. The maximum atomic E-state index is 12.4. The van der Waals surface area contributed by atoms with Gasteiger partial charge in [0.2, 0.25) is 11.8 Å². The zero-order valence-corrected chi connectivity index (χ0v) is 15.8. The van der Waals surface area contributed by atoms with E-state index in [2.05, 4.69) is 25.7 Å². The molecule has 2 N–H and O–H groups in total. The zero-order valence-electron chi connectivity index (χ0n) is 15.8. The highest BCUT2D eigenvalue weighted by Crippen LogP contribution is 2.20. The van der Waals surface area contributed by atoms with Crippen molar-refractivity contribution in [2.75, 3.05) is 10.6 Å². The van der Waals surface area contributed by atoms with Gasteiger partial charge in [-0.15, -0.1) is 0 Å². The number of nitrogens with one attached hydrogen (secondary N) is 2. The highest BCUT2D eigenvalue weighted by molar-refractivity contribution is 5.97. The molecule has 0 aliphatic heterocycles. The normalized spacial score (nSPS) is 10.8. The molecule has 0 aliphatic carbocycles. The second-order valence-corrected chi connectivity index (χ2v) is 6.45. The lowest BCUT2D eigenvalue weighted by Gasteiger charge is -2.12. The smallest absolute Gasteiger partial charge is 0.225 e. The first-order valence-electron chi connectivity index (χ1n) is 8.70. The Bertz CT molecular complexity index is 1020. The number of pyridine rings is 1. The van der Waals surface area contributed by atoms with E-state index in [1.807, 2.05) is 31.4 Å².